The molecule has 26 heavy (non-hydrogen) atoms. The first kappa shape index (κ1) is 18.5. The Morgan fingerprint density at radius 3 is 2.88 bits per heavy atom. The topological polar surface area (TPSA) is 94.2 Å². The largest absolute Gasteiger partial charge is 0.383 e. The van der Waals surface area contributed by atoms with Gasteiger partial charge in [-0.1, -0.05) is 0 Å². The fourth-order valence-corrected chi connectivity index (χ4v) is 3.51. The predicted molar refractivity (Wildman–Crippen MR) is 93.5 cm³/mol. The number of rotatable bonds is 7. The van der Waals surface area contributed by atoms with Crippen molar-refractivity contribution in [3.8, 4) is 0 Å². The van der Waals surface area contributed by atoms with Crippen molar-refractivity contribution in [3.05, 3.63) is 23.8 Å². The van der Waals surface area contributed by atoms with Crippen LogP contribution in [0.15, 0.2) is 12.3 Å². The van der Waals surface area contributed by atoms with Crippen molar-refractivity contribution in [3.63, 3.8) is 0 Å². The van der Waals surface area contributed by atoms with Crippen LogP contribution in [-0.2, 0) is 23.4 Å². The number of ether oxygens (including phenoxy) is 1. The van der Waals surface area contributed by atoms with Gasteiger partial charge < -0.3 is 9.64 Å². The van der Waals surface area contributed by atoms with Crippen molar-refractivity contribution in [2.75, 3.05) is 40.9 Å². The van der Waals surface area contributed by atoms with Gasteiger partial charge in [0.25, 0.3) is 5.91 Å². The summed E-state index contributed by atoms with van der Waals surface area (Å²) in [6, 6.07) is 1.77. The number of carbonyl (C=O) groups is 1. The Balaban J connectivity index is 1.87. The maximum Gasteiger partial charge on any atom is 0.272 e. The zero-order valence-electron chi connectivity index (χ0n) is 15.8. The van der Waals surface area contributed by atoms with Gasteiger partial charge in [-0.05, 0) is 43.9 Å². The Labute approximate surface area is 152 Å². The van der Waals surface area contributed by atoms with Gasteiger partial charge in [0.15, 0.2) is 5.82 Å². The smallest absolute Gasteiger partial charge is 0.272 e. The summed E-state index contributed by atoms with van der Waals surface area (Å²) in [5.74, 6) is 0.753. The fourth-order valence-electron chi connectivity index (χ4n) is 3.51. The molecule has 0 bridgehead atoms. The Kier molecular flexibility index (Phi) is 5.33. The molecule has 1 aliphatic rings. The number of likely N-dealkylation sites (tertiary alicyclic amines) is 1. The minimum Gasteiger partial charge on any atom is -0.383 e. The number of likely N-dealkylation sites (N-methyl/N-ethyl adjacent to an activating group) is 1. The Morgan fingerprint density at radius 2 is 2.19 bits per heavy atom. The quantitative estimate of drug-likeness (QED) is 0.675. The van der Waals surface area contributed by atoms with Gasteiger partial charge in [0.05, 0.1) is 13.2 Å². The summed E-state index contributed by atoms with van der Waals surface area (Å²) < 4.78 is 8.65. The number of hydrogen-bond acceptors (Lipinski definition) is 7. The monoisotopic (exact) mass is 362 g/mol. The number of aromatic nitrogens is 6. The Bertz CT molecular complexity index is 755. The normalized spacial score (nSPS) is 20.3. The molecule has 0 aromatic carbocycles. The summed E-state index contributed by atoms with van der Waals surface area (Å²) in [5.41, 5.74) is 0.185. The van der Waals surface area contributed by atoms with E-state index in [0.29, 0.717) is 38.5 Å². The van der Waals surface area contributed by atoms with Crippen LogP contribution in [0.3, 0.4) is 0 Å². The zero-order chi connectivity index (χ0) is 18.7. The minimum absolute atomic E-state index is 0.0102. The fraction of sp³-hybridized carbons (Fsp3) is 0.688. The van der Waals surface area contributed by atoms with E-state index in [1.807, 2.05) is 25.9 Å². The standard InChI is InChI=1S/C16H26N8O2/c1-5-23-13(6-8-17-23)14(25)22-9-7-16(12-22,21(2)3)15-18-19-20-24(15)10-11-26-4/h6,8H,5,7,9-12H2,1-4H3. The van der Waals surface area contributed by atoms with Crippen molar-refractivity contribution >= 4 is 5.91 Å². The molecule has 2 aromatic heterocycles. The highest BCUT2D eigenvalue weighted by Gasteiger charge is 2.47. The van der Waals surface area contributed by atoms with Crippen LogP contribution in [0.2, 0.25) is 0 Å². The molecule has 0 aliphatic carbocycles. The number of tetrazole rings is 1. The minimum atomic E-state index is -0.427. The average molecular weight is 362 g/mol. The SMILES string of the molecule is CCn1nccc1C(=O)N1CCC(c2nnnn2CCOC)(N(C)C)C1. The second kappa shape index (κ2) is 7.50. The van der Waals surface area contributed by atoms with Crippen LogP contribution < -0.4 is 0 Å². The highest BCUT2D eigenvalue weighted by Crippen LogP contribution is 2.35. The molecule has 3 heterocycles. The van der Waals surface area contributed by atoms with Gasteiger partial charge >= 0.3 is 0 Å². The van der Waals surface area contributed by atoms with Gasteiger partial charge in [-0.15, -0.1) is 5.10 Å². The lowest BCUT2D eigenvalue weighted by Gasteiger charge is -2.34. The molecule has 1 unspecified atom stereocenters. The van der Waals surface area contributed by atoms with Gasteiger partial charge in [-0.3, -0.25) is 14.4 Å². The Morgan fingerprint density at radius 1 is 1.38 bits per heavy atom. The summed E-state index contributed by atoms with van der Waals surface area (Å²) in [7, 11) is 5.65. The van der Waals surface area contributed by atoms with Crippen LogP contribution in [0.1, 0.15) is 29.7 Å². The van der Waals surface area contributed by atoms with Gasteiger partial charge in [0.1, 0.15) is 11.2 Å². The average Bonchev–Trinajstić information content (AvgIpc) is 3.37. The molecule has 0 spiro atoms. The lowest BCUT2D eigenvalue weighted by molar-refractivity contribution is 0.0725. The third-order valence-electron chi connectivity index (χ3n) is 5.08. The highest BCUT2D eigenvalue weighted by atomic mass is 16.5. The van der Waals surface area contributed by atoms with Crippen molar-refractivity contribution in [1.82, 2.24) is 39.8 Å². The van der Waals surface area contributed by atoms with E-state index in [4.69, 9.17) is 4.74 Å². The van der Waals surface area contributed by atoms with Crippen LogP contribution in [-0.4, -0.2) is 86.6 Å². The first-order valence-electron chi connectivity index (χ1n) is 8.77. The molecular weight excluding hydrogens is 336 g/mol. The maximum atomic E-state index is 13.0. The van der Waals surface area contributed by atoms with Crippen molar-refractivity contribution in [1.29, 1.82) is 0 Å². The van der Waals surface area contributed by atoms with E-state index in [2.05, 4.69) is 25.5 Å². The zero-order valence-corrected chi connectivity index (χ0v) is 15.8. The van der Waals surface area contributed by atoms with Crippen LogP contribution in [0.25, 0.3) is 0 Å². The number of amides is 1. The van der Waals surface area contributed by atoms with E-state index < -0.39 is 5.54 Å². The lowest BCUT2D eigenvalue weighted by atomic mass is 9.96. The molecule has 1 fully saturated rings. The molecule has 1 amide bonds. The first-order valence-corrected chi connectivity index (χ1v) is 8.77. The van der Waals surface area contributed by atoms with E-state index >= 15 is 0 Å². The lowest BCUT2D eigenvalue weighted by Crippen LogP contribution is -2.47. The maximum absolute atomic E-state index is 13.0. The molecular formula is C16H26N8O2. The van der Waals surface area contributed by atoms with E-state index in [1.165, 1.54) is 0 Å². The van der Waals surface area contributed by atoms with E-state index in [9.17, 15) is 4.79 Å². The summed E-state index contributed by atoms with van der Waals surface area (Å²) >= 11 is 0. The van der Waals surface area contributed by atoms with Crippen molar-refractivity contribution in [2.24, 2.45) is 0 Å². The summed E-state index contributed by atoms with van der Waals surface area (Å²) in [6.45, 7) is 4.91. The molecule has 10 nitrogen and oxygen atoms in total. The summed E-state index contributed by atoms with van der Waals surface area (Å²) in [5, 5.41) is 16.5. The number of carbonyl (C=O) groups excluding carboxylic acids is 1. The van der Waals surface area contributed by atoms with E-state index in [1.54, 1.807) is 28.7 Å². The first-order chi connectivity index (χ1) is 12.5. The second-order valence-corrected chi connectivity index (χ2v) is 6.65. The molecule has 2 aromatic rings. The number of methoxy groups -OCH3 is 1. The van der Waals surface area contributed by atoms with Crippen LogP contribution in [0.5, 0.6) is 0 Å². The van der Waals surface area contributed by atoms with Gasteiger partial charge in [-0.25, -0.2) is 4.68 Å². The summed E-state index contributed by atoms with van der Waals surface area (Å²) in [4.78, 5) is 17.0. The molecule has 0 N–H and O–H groups in total. The number of aryl methyl sites for hydroxylation is 1. The van der Waals surface area contributed by atoms with E-state index in [-0.39, 0.29) is 5.91 Å². The predicted octanol–water partition coefficient (Wildman–Crippen LogP) is -0.161. The molecule has 142 valence electrons. The second-order valence-electron chi connectivity index (χ2n) is 6.65. The van der Waals surface area contributed by atoms with Crippen LogP contribution in [0, 0.1) is 0 Å². The molecule has 3 rings (SSSR count). The van der Waals surface area contributed by atoms with Crippen LogP contribution in [0.4, 0.5) is 0 Å². The third-order valence-corrected chi connectivity index (χ3v) is 5.08. The Hall–Kier alpha value is -2.33. The van der Waals surface area contributed by atoms with Gasteiger partial charge in [0, 0.05) is 32.9 Å². The van der Waals surface area contributed by atoms with Crippen molar-refractivity contribution < 1.29 is 9.53 Å². The molecule has 1 aliphatic heterocycles. The van der Waals surface area contributed by atoms with Crippen LogP contribution >= 0.6 is 0 Å². The summed E-state index contributed by atoms with van der Waals surface area (Å²) in [6.07, 6.45) is 2.43. The van der Waals surface area contributed by atoms with Gasteiger partial charge in [0.2, 0.25) is 0 Å². The molecule has 1 saturated heterocycles. The third kappa shape index (κ3) is 3.10. The van der Waals surface area contributed by atoms with Crippen molar-refractivity contribution in [2.45, 2.75) is 32.0 Å². The molecule has 0 saturated carbocycles. The molecule has 10 heteroatoms. The van der Waals surface area contributed by atoms with Gasteiger partial charge in [-0.2, -0.15) is 5.10 Å². The molecule has 1 atom stereocenters. The molecule has 0 radical (unpaired) electrons. The van der Waals surface area contributed by atoms with E-state index in [0.717, 1.165) is 12.2 Å². The number of nitrogens with zero attached hydrogens (tertiary/aromatic N) is 8. The number of hydrogen-bond donors (Lipinski definition) is 0. The highest BCUT2D eigenvalue weighted by molar-refractivity contribution is 5.92.